The van der Waals surface area contributed by atoms with Crippen molar-refractivity contribution in [3.05, 3.63) is 71.5 Å². The Hall–Kier alpha value is -3.26. The highest BCUT2D eigenvalue weighted by Crippen LogP contribution is 2.24. The molecule has 2 aromatic carbocycles. The number of ether oxygens (including phenoxy) is 1. The van der Waals surface area contributed by atoms with E-state index in [1.54, 1.807) is 11.8 Å². The molecule has 0 spiro atoms. The van der Waals surface area contributed by atoms with Crippen molar-refractivity contribution < 1.29 is 14.6 Å². The van der Waals surface area contributed by atoms with Gasteiger partial charge in [-0.05, 0) is 39.6 Å². The van der Waals surface area contributed by atoms with E-state index in [1.807, 2.05) is 68.4 Å². The second-order valence-electron chi connectivity index (χ2n) is 7.11. The monoisotopic (exact) mass is 395 g/mol. The number of aliphatic carboxylic acids is 1. The van der Waals surface area contributed by atoms with Crippen molar-refractivity contribution in [1.29, 1.82) is 0 Å². The topological polar surface area (TPSA) is 102 Å². The summed E-state index contributed by atoms with van der Waals surface area (Å²) in [5.74, 6) is 0.230. The lowest BCUT2D eigenvalue weighted by Crippen LogP contribution is -2.44. The van der Waals surface area contributed by atoms with Gasteiger partial charge in [0.2, 0.25) is 0 Å². The molecule has 3 aromatic rings. The van der Waals surface area contributed by atoms with Gasteiger partial charge in [0.15, 0.2) is 5.82 Å². The van der Waals surface area contributed by atoms with Gasteiger partial charge in [0.1, 0.15) is 11.8 Å². The summed E-state index contributed by atoms with van der Waals surface area (Å²) in [5, 5.41) is 25.1. The molecule has 3 rings (SSSR count). The molecule has 0 aliphatic carbocycles. The first-order valence-corrected chi connectivity index (χ1v) is 9.42. The Morgan fingerprint density at radius 2 is 1.83 bits per heavy atom. The third kappa shape index (κ3) is 4.97. The second-order valence-corrected chi connectivity index (χ2v) is 7.11. The van der Waals surface area contributed by atoms with Crippen LogP contribution in [-0.2, 0) is 11.3 Å². The smallest absolute Gasteiger partial charge is 0.320 e. The second kappa shape index (κ2) is 9.29. The van der Waals surface area contributed by atoms with Crippen LogP contribution < -0.4 is 10.1 Å². The molecule has 0 aliphatic heterocycles. The predicted molar refractivity (Wildman–Crippen MR) is 108 cm³/mol. The van der Waals surface area contributed by atoms with Crippen LogP contribution >= 0.6 is 0 Å². The van der Waals surface area contributed by atoms with Crippen molar-refractivity contribution in [2.24, 2.45) is 5.92 Å². The maximum absolute atomic E-state index is 11.8. The minimum absolute atomic E-state index is 0.119. The summed E-state index contributed by atoms with van der Waals surface area (Å²) in [4.78, 5) is 11.8. The summed E-state index contributed by atoms with van der Waals surface area (Å²) < 4.78 is 6.93. The van der Waals surface area contributed by atoms with E-state index in [2.05, 4.69) is 20.8 Å². The maximum Gasteiger partial charge on any atom is 0.320 e. The number of carboxylic acid groups (broad SMARTS) is 1. The number of rotatable bonds is 9. The van der Waals surface area contributed by atoms with Crippen LogP contribution in [0.2, 0.25) is 0 Å². The SMILES string of the molecule is COc1ccc(C(N[C@H](C(=O)O)C(C)C)c2nnnn2Cc2ccccc2)cc1. The summed E-state index contributed by atoms with van der Waals surface area (Å²) in [6.07, 6.45) is 0. The van der Waals surface area contributed by atoms with Gasteiger partial charge in [-0.1, -0.05) is 56.3 Å². The molecule has 0 aliphatic rings. The molecule has 1 aromatic heterocycles. The fourth-order valence-electron chi connectivity index (χ4n) is 3.13. The third-order valence-electron chi connectivity index (χ3n) is 4.72. The van der Waals surface area contributed by atoms with Crippen molar-refractivity contribution in [2.45, 2.75) is 32.5 Å². The number of carbonyl (C=O) groups is 1. The Bertz CT molecular complexity index is 925. The number of nitrogens with one attached hydrogen (secondary N) is 1. The number of tetrazole rings is 1. The van der Waals surface area contributed by atoms with Crippen molar-refractivity contribution in [3.8, 4) is 5.75 Å². The number of benzene rings is 2. The summed E-state index contributed by atoms with van der Waals surface area (Å²) in [7, 11) is 1.60. The molecule has 0 saturated carbocycles. The van der Waals surface area contributed by atoms with Crippen LogP contribution in [0.25, 0.3) is 0 Å². The quantitative estimate of drug-likeness (QED) is 0.574. The number of aromatic nitrogens is 4. The first-order valence-electron chi connectivity index (χ1n) is 9.42. The fraction of sp³-hybridized carbons (Fsp3) is 0.333. The standard InChI is InChI=1S/C21H25N5O3/c1-14(2)18(21(27)28)22-19(16-9-11-17(29-3)12-10-16)20-23-24-25-26(20)13-15-7-5-4-6-8-15/h4-12,14,18-19,22H,13H2,1-3H3,(H,27,28)/t18-,19?/m0/s1. The van der Waals surface area contributed by atoms with E-state index >= 15 is 0 Å². The Morgan fingerprint density at radius 1 is 1.14 bits per heavy atom. The van der Waals surface area contributed by atoms with Crippen molar-refractivity contribution in [3.63, 3.8) is 0 Å². The number of carboxylic acids is 1. The van der Waals surface area contributed by atoms with E-state index in [0.29, 0.717) is 12.4 Å². The van der Waals surface area contributed by atoms with Gasteiger partial charge in [-0.15, -0.1) is 5.10 Å². The highest BCUT2D eigenvalue weighted by atomic mass is 16.5. The van der Waals surface area contributed by atoms with Crippen LogP contribution in [0.1, 0.15) is 36.8 Å². The van der Waals surface area contributed by atoms with Crippen LogP contribution in [-0.4, -0.2) is 44.4 Å². The van der Waals surface area contributed by atoms with E-state index < -0.39 is 18.1 Å². The van der Waals surface area contributed by atoms with Gasteiger partial charge in [0.05, 0.1) is 19.7 Å². The molecular weight excluding hydrogens is 370 g/mol. The summed E-state index contributed by atoms with van der Waals surface area (Å²) >= 11 is 0. The lowest BCUT2D eigenvalue weighted by atomic mass is 9.99. The van der Waals surface area contributed by atoms with Crippen LogP contribution in [0.15, 0.2) is 54.6 Å². The van der Waals surface area contributed by atoms with E-state index in [9.17, 15) is 9.90 Å². The largest absolute Gasteiger partial charge is 0.497 e. The lowest BCUT2D eigenvalue weighted by Gasteiger charge is -2.25. The molecule has 29 heavy (non-hydrogen) atoms. The van der Waals surface area contributed by atoms with Gasteiger partial charge in [0.25, 0.3) is 0 Å². The van der Waals surface area contributed by atoms with Crippen LogP contribution in [0.3, 0.4) is 0 Å². The van der Waals surface area contributed by atoms with E-state index in [4.69, 9.17) is 4.74 Å². The van der Waals surface area contributed by atoms with Gasteiger partial charge in [0, 0.05) is 0 Å². The zero-order valence-corrected chi connectivity index (χ0v) is 16.7. The molecule has 0 saturated heterocycles. The average molecular weight is 395 g/mol. The van der Waals surface area contributed by atoms with Gasteiger partial charge in [-0.25, -0.2) is 4.68 Å². The molecule has 2 atom stereocenters. The number of hydrogen-bond acceptors (Lipinski definition) is 6. The summed E-state index contributed by atoms with van der Waals surface area (Å²) in [6, 6.07) is 16.0. The zero-order chi connectivity index (χ0) is 20.8. The minimum Gasteiger partial charge on any atom is -0.497 e. The van der Waals surface area contributed by atoms with Crippen LogP contribution in [0.5, 0.6) is 5.75 Å². The van der Waals surface area contributed by atoms with Crippen LogP contribution in [0.4, 0.5) is 0 Å². The minimum atomic E-state index is -0.916. The van der Waals surface area contributed by atoms with Gasteiger partial charge >= 0.3 is 5.97 Å². The van der Waals surface area contributed by atoms with Crippen molar-refractivity contribution >= 4 is 5.97 Å². The first-order chi connectivity index (χ1) is 14.0. The maximum atomic E-state index is 11.8. The third-order valence-corrected chi connectivity index (χ3v) is 4.72. The molecule has 1 heterocycles. The molecule has 1 unspecified atom stereocenters. The highest BCUT2D eigenvalue weighted by molar-refractivity contribution is 5.73. The fourth-order valence-corrected chi connectivity index (χ4v) is 3.13. The van der Waals surface area contributed by atoms with E-state index in [0.717, 1.165) is 16.9 Å². The molecule has 2 N–H and O–H groups in total. The van der Waals surface area contributed by atoms with Crippen molar-refractivity contribution in [2.75, 3.05) is 7.11 Å². The predicted octanol–water partition coefficient (Wildman–Crippen LogP) is 2.52. The van der Waals surface area contributed by atoms with Gasteiger partial charge in [-0.2, -0.15) is 0 Å². The highest BCUT2D eigenvalue weighted by Gasteiger charge is 2.29. The molecular formula is C21H25N5O3. The van der Waals surface area contributed by atoms with Gasteiger partial charge in [-0.3, -0.25) is 10.1 Å². The van der Waals surface area contributed by atoms with E-state index in [1.165, 1.54) is 0 Å². The number of methoxy groups -OCH3 is 1. The average Bonchev–Trinajstić information content (AvgIpc) is 3.17. The Balaban J connectivity index is 1.98. The molecule has 0 bridgehead atoms. The molecule has 152 valence electrons. The molecule has 0 amide bonds. The normalized spacial score (nSPS) is 13.2. The first kappa shape index (κ1) is 20.5. The zero-order valence-electron chi connectivity index (χ0n) is 16.7. The number of hydrogen-bond donors (Lipinski definition) is 2. The molecule has 0 fully saturated rings. The van der Waals surface area contributed by atoms with E-state index in [-0.39, 0.29) is 5.92 Å². The Labute approximate surface area is 169 Å². The van der Waals surface area contributed by atoms with Gasteiger partial charge < -0.3 is 9.84 Å². The lowest BCUT2D eigenvalue weighted by molar-refractivity contribution is -0.140. The molecule has 0 radical (unpaired) electrons. The summed E-state index contributed by atoms with van der Waals surface area (Å²) in [6.45, 7) is 4.21. The van der Waals surface area contributed by atoms with Crippen LogP contribution in [0, 0.1) is 5.92 Å². The molecule has 8 heteroatoms. The Kier molecular flexibility index (Phi) is 6.56. The summed E-state index contributed by atoms with van der Waals surface area (Å²) in [5.41, 5.74) is 1.90. The Morgan fingerprint density at radius 3 is 2.41 bits per heavy atom. The van der Waals surface area contributed by atoms with Crippen molar-refractivity contribution in [1.82, 2.24) is 25.5 Å². The number of nitrogens with zero attached hydrogens (tertiary/aromatic N) is 4. The molecule has 8 nitrogen and oxygen atoms in total.